The Kier molecular flexibility index (Phi) is 2.66. The van der Waals surface area contributed by atoms with Crippen molar-refractivity contribution >= 4 is 22.2 Å². The van der Waals surface area contributed by atoms with Gasteiger partial charge < -0.3 is 4.98 Å². The molecule has 7 nitrogen and oxygen atoms in total. The number of imidazole rings is 1. The zero-order chi connectivity index (χ0) is 15.9. The van der Waals surface area contributed by atoms with Gasteiger partial charge in [-0.05, 0) is 36.4 Å². The average Bonchev–Trinajstić information content (AvgIpc) is 3.25. The normalized spacial score (nSPS) is 11.3. The molecule has 0 aliphatic heterocycles. The molecule has 0 unspecified atom stereocenters. The lowest BCUT2D eigenvalue weighted by Gasteiger charge is -2.00. The van der Waals surface area contributed by atoms with Gasteiger partial charge in [0.1, 0.15) is 5.52 Å². The van der Waals surface area contributed by atoms with Gasteiger partial charge >= 0.3 is 0 Å². The van der Waals surface area contributed by atoms with E-state index in [2.05, 4.69) is 30.1 Å². The number of rotatable bonds is 2. The quantitative estimate of drug-likeness (QED) is 0.522. The van der Waals surface area contributed by atoms with Crippen LogP contribution < -0.4 is 0 Å². The van der Waals surface area contributed by atoms with Crippen LogP contribution in [0.4, 0.5) is 0 Å². The lowest BCUT2D eigenvalue weighted by atomic mass is 10.1. The molecular formula is C17H11N7. The second-order valence-corrected chi connectivity index (χ2v) is 5.36. The zero-order valence-electron chi connectivity index (χ0n) is 12.4. The fraction of sp³-hybridized carbons (Fsp3) is 0. The van der Waals surface area contributed by atoms with Crippen molar-refractivity contribution in [2.75, 3.05) is 0 Å². The van der Waals surface area contributed by atoms with E-state index in [-0.39, 0.29) is 0 Å². The molecule has 0 atom stereocenters. The molecule has 24 heavy (non-hydrogen) atoms. The average molecular weight is 313 g/mol. The number of hydrogen-bond acceptors (Lipinski definition) is 5. The van der Waals surface area contributed by atoms with Gasteiger partial charge in [0.05, 0.1) is 16.7 Å². The number of pyridine rings is 3. The smallest absolute Gasteiger partial charge is 0.178 e. The van der Waals surface area contributed by atoms with E-state index in [9.17, 15) is 0 Å². The van der Waals surface area contributed by atoms with Crippen LogP contribution in [0.25, 0.3) is 45.0 Å². The minimum absolute atomic E-state index is 0.648. The summed E-state index contributed by atoms with van der Waals surface area (Å²) in [5.41, 5.74) is 5.70. The highest BCUT2D eigenvalue weighted by Crippen LogP contribution is 2.26. The number of fused-ring (bicyclic) bond motifs is 2. The molecule has 0 aromatic carbocycles. The first-order chi connectivity index (χ1) is 11.9. The third-order valence-corrected chi connectivity index (χ3v) is 3.87. The Morgan fingerprint density at radius 2 is 1.75 bits per heavy atom. The summed E-state index contributed by atoms with van der Waals surface area (Å²) in [6.45, 7) is 0. The van der Waals surface area contributed by atoms with Gasteiger partial charge in [-0.2, -0.15) is 5.10 Å². The summed E-state index contributed by atoms with van der Waals surface area (Å²) in [4.78, 5) is 20.8. The summed E-state index contributed by atoms with van der Waals surface area (Å²) in [7, 11) is 0. The molecule has 0 aliphatic rings. The van der Waals surface area contributed by atoms with Crippen LogP contribution in [0.2, 0.25) is 0 Å². The Balaban J connectivity index is 1.71. The minimum Gasteiger partial charge on any atom is -0.335 e. The molecule has 5 heterocycles. The SMILES string of the molecule is c1cnc2nc(-c3n[nH]c4ccc(-c5ccncc5)nc34)[nH]c2c1. The highest BCUT2D eigenvalue weighted by molar-refractivity contribution is 5.90. The van der Waals surface area contributed by atoms with Crippen molar-refractivity contribution in [3.63, 3.8) is 0 Å². The molecule has 7 heteroatoms. The first-order valence-electron chi connectivity index (χ1n) is 7.45. The summed E-state index contributed by atoms with van der Waals surface area (Å²) >= 11 is 0. The summed E-state index contributed by atoms with van der Waals surface area (Å²) in [5.74, 6) is 0.648. The molecule has 5 aromatic heterocycles. The molecule has 0 saturated heterocycles. The number of nitrogens with zero attached hydrogens (tertiary/aromatic N) is 5. The fourth-order valence-electron chi connectivity index (χ4n) is 2.70. The van der Waals surface area contributed by atoms with E-state index in [1.165, 1.54) is 0 Å². The topological polar surface area (TPSA) is 96.0 Å². The van der Waals surface area contributed by atoms with E-state index in [4.69, 9.17) is 4.98 Å². The number of nitrogens with one attached hydrogen (secondary N) is 2. The monoisotopic (exact) mass is 313 g/mol. The van der Waals surface area contributed by atoms with E-state index in [1.54, 1.807) is 18.6 Å². The molecule has 0 aliphatic carbocycles. The summed E-state index contributed by atoms with van der Waals surface area (Å²) in [6, 6.07) is 11.6. The maximum Gasteiger partial charge on any atom is 0.178 e. The molecule has 0 amide bonds. The lowest BCUT2D eigenvalue weighted by Crippen LogP contribution is -1.87. The van der Waals surface area contributed by atoms with Crippen molar-refractivity contribution in [1.29, 1.82) is 0 Å². The van der Waals surface area contributed by atoms with Gasteiger partial charge in [0.25, 0.3) is 0 Å². The van der Waals surface area contributed by atoms with Gasteiger partial charge in [0.15, 0.2) is 17.2 Å². The van der Waals surface area contributed by atoms with Crippen molar-refractivity contribution < 1.29 is 0 Å². The van der Waals surface area contributed by atoms with Crippen molar-refractivity contribution in [2.24, 2.45) is 0 Å². The van der Waals surface area contributed by atoms with Crippen LogP contribution in [0.3, 0.4) is 0 Å². The molecule has 0 radical (unpaired) electrons. The maximum atomic E-state index is 4.75. The number of H-pyrrole nitrogens is 2. The second-order valence-electron chi connectivity index (χ2n) is 5.36. The molecule has 2 N–H and O–H groups in total. The number of hydrogen-bond donors (Lipinski definition) is 2. The van der Waals surface area contributed by atoms with Gasteiger partial charge in [-0.3, -0.25) is 10.1 Å². The van der Waals surface area contributed by atoms with Crippen LogP contribution in [-0.4, -0.2) is 35.1 Å². The van der Waals surface area contributed by atoms with Crippen LogP contribution in [0.1, 0.15) is 0 Å². The third-order valence-electron chi connectivity index (χ3n) is 3.87. The molecule has 5 aromatic rings. The first-order valence-corrected chi connectivity index (χ1v) is 7.45. The van der Waals surface area contributed by atoms with Gasteiger partial charge in [-0.15, -0.1) is 0 Å². The highest BCUT2D eigenvalue weighted by atomic mass is 15.2. The summed E-state index contributed by atoms with van der Waals surface area (Å²) in [5, 5.41) is 7.38. The number of aromatic nitrogens is 7. The van der Waals surface area contributed by atoms with E-state index < -0.39 is 0 Å². The van der Waals surface area contributed by atoms with Crippen LogP contribution in [0, 0.1) is 0 Å². The van der Waals surface area contributed by atoms with Gasteiger partial charge in [0, 0.05) is 24.2 Å². The zero-order valence-corrected chi connectivity index (χ0v) is 12.4. The molecular weight excluding hydrogens is 302 g/mol. The summed E-state index contributed by atoms with van der Waals surface area (Å²) in [6.07, 6.45) is 5.22. The standard InChI is InChI=1S/C17H11N7/c1-2-13-16(19-7-1)22-17(21-13)15-14-12(23-24-15)4-3-11(20-14)10-5-8-18-9-6-10/h1-9H,(H,23,24)(H,19,21,22). The van der Waals surface area contributed by atoms with Gasteiger partial charge in [-0.25, -0.2) is 15.0 Å². The predicted octanol–water partition coefficient (Wildman–Crippen LogP) is 2.96. The Bertz CT molecular complexity index is 1120. The minimum atomic E-state index is 0.648. The van der Waals surface area contributed by atoms with E-state index >= 15 is 0 Å². The Morgan fingerprint density at radius 3 is 2.62 bits per heavy atom. The van der Waals surface area contributed by atoms with E-state index in [0.717, 1.165) is 27.8 Å². The summed E-state index contributed by atoms with van der Waals surface area (Å²) < 4.78 is 0. The van der Waals surface area contributed by atoms with Crippen molar-refractivity contribution in [3.8, 4) is 22.8 Å². The van der Waals surface area contributed by atoms with Crippen molar-refractivity contribution in [3.05, 3.63) is 55.0 Å². The van der Waals surface area contributed by atoms with Crippen molar-refractivity contribution in [1.82, 2.24) is 35.1 Å². The van der Waals surface area contributed by atoms with Gasteiger partial charge in [-0.1, -0.05) is 0 Å². The Labute approximate surface area is 135 Å². The fourth-order valence-corrected chi connectivity index (χ4v) is 2.70. The molecule has 0 spiro atoms. The lowest BCUT2D eigenvalue weighted by molar-refractivity contribution is 1.10. The van der Waals surface area contributed by atoms with Crippen LogP contribution in [-0.2, 0) is 0 Å². The molecule has 0 saturated carbocycles. The third kappa shape index (κ3) is 1.95. The number of aromatic amines is 2. The van der Waals surface area contributed by atoms with Crippen LogP contribution in [0.5, 0.6) is 0 Å². The van der Waals surface area contributed by atoms with Crippen LogP contribution in [0.15, 0.2) is 55.0 Å². The maximum absolute atomic E-state index is 4.75. The van der Waals surface area contributed by atoms with Gasteiger partial charge in [0.2, 0.25) is 0 Å². The second kappa shape index (κ2) is 4.95. The van der Waals surface area contributed by atoms with Crippen molar-refractivity contribution in [2.45, 2.75) is 0 Å². The predicted molar refractivity (Wildman–Crippen MR) is 90.0 cm³/mol. The molecule has 0 bridgehead atoms. The Hall–Kier alpha value is -3.61. The van der Waals surface area contributed by atoms with E-state index in [0.29, 0.717) is 17.2 Å². The van der Waals surface area contributed by atoms with Crippen LogP contribution >= 0.6 is 0 Å². The molecule has 5 rings (SSSR count). The Morgan fingerprint density at radius 1 is 0.833 bits per heavy atom. The first kappa shape index (κ1) is 12.9. The molecule has 0 fully saturated rings. The molecule has 114 valence electrons. The largest absolute Gasteiger partial charge is 0.335 e. The highest BCUT2D eigenvalue weighted by Gasteiger charge is 2.15. The van der Waals surface area contributed by atoms with E-state index in [1.807, 2.05) is 36.4 Å².